The molecule has 2 aromatic rings. The zero-order chi connectivity index (χ0) is 16.4. The van der Waals surface area contributed by atoms with Crippen molar-refractivity contribution in [2.45, 2.75) is 25.7 Å². The third kappa shape index (κ3) is 2.68. The van der Waals surface area contributed by atoms with Crippen LogP contribution in [0, 0.1) is 6.92 Å². The second-order valence-corrected chi connectivity index (χ2v) is 6.53. The minimum atomic E-state index is -0.0247. The molecule has 0 radical (unpaired) electrons. The van der Waals surface area contributed by atoms with Crippen LogP contribution < -0.4 is 0 Å². The average molecular weight is 302 g/mol. The van der Waals surface area contributed by atoms with Crippen LogP contribution in [-0.4, -0.2) is 17.3 Å². The highest BCUT2D eigenvalue weighted by Gasteiger charge is 2.45. The van der Waals surface area contributed by atoms with Crippen molar-refractivity contribution in [1.82, 2.24) is 0 Å². The first kappa shape index (κ1) is 15.5. The van der Waals surface area contributed by atoms with Gasteiger partial charge in [-0.15, -0.1) is 6.58 Å². The van der Waals surface area contributed by atoms with Gasteiger partial charge in [0.05, 0.1) is 5.41 Å². The van der Waals surface area contributed by atoms with Crippen LogP contribution in [0.1, 0.15) is 30.0 Å². The fourth-order valence-electron chi connectivity index (χ4n) is 3.56. The van der Waals surface area contributed by atoms with Gasteiger partial charge in [0, 0.05) is 17.7 Å². The Bertz CT molecular complexity index is 796. The van der Waals surface area contributed by atoms with Crippen molar-refractivity contribution in [3.8, 4) is 0 Å². The average Bonchev–Trinajstić information content (AvgIpc) is 2.75. The first-order valence-corrected chi connectivity index (χ1v) is 8.12. The molecule has 0 aliphatic carbocycles. The third-order valence-corrected chi connectivity index (χ3v) is 4.82. The minimum absolute atomic E-state index is 0.0247. The molecule has 0 N–H and O–H groups in total. The Kier molecular flexibility index (Phi) is 4.04. The number of benzene rings is 2. The molecule has 116 valence electrons. The topological polar surface area (TPSA) is 3.01 Å². The molecule has 1 heterocycles. The van der Waals surface area contributed by atoms with Gasteiger partial charge in [-0.25, -0.2) is 0 Å². The fraction of sp³-hybridized carbons (Fsp3) is 0.227. The molecule has 1 atom stereocenters. The van der Waals surface area contributed by atoms with E-state index in [-0.39, 0.29) is 5.41 Å². The first-order chi connectivity index (χ1) is 11.1. The van der Waals surface area contributed by atoms with Crippen molar-refractivity contribution in [3.63, 3.8) is 0 Å². The molecule has 0 fully saturated rings. The van der Waals surface area contributed by atoms with Crippen molar-refractivity contribution >= 4 is 17.5 Å². The van der Waals surface area contributed by atoms with Crippen LogP contribution in [0.15, 0.2) is 67.3 Å². The van der Waals surface area contributed by atoms with E-state index in [2.05, 4.69) is 86.7 Å². The summed E-state index contributed by atoms with van der Waals surface area (Å²) < 4.78 is 2.32. The number of rotatable bonds is 4. The standard InChI is InChI=1S/C22H24N/c1-5-15-22(3)19-16-17(2)11-13-20(19)23(4)21(22)14-12-18-9-7-6-8-10-18/h5-14,16H,1,15H2,2-4H3/q+1/b14-12+. The molecule has 23 heavy (non-hydrogen) atoms. The Hall–Kier alpha value is -2.41. The maximum Gasteiger partial charge on any atom is 0.209 e. The van der Waals surface area contributed by atoms with E-state index >= 15 is 0 Å². The van der Waals surface area contributed by atoms with E-state index in [0.29, 0.717) is 0 Å². The molecule has 0 aromatic heterocycles. The van der Waals surface area contributed by atoms with E-state index in [9.17, 15) is 0 Å². The number of nitrogens with zero attached hydrogens (tertiary/aromatic N) is 1. The SMILES string of the molecule is C=CCC1(C)C(/C=C/c2ccccc2)=[N+](C)c2ccc(C)cc21. The molecule has 0 saturated carbocycles. The lowest BCUT2D eigenvalue weighted by molar-refractivity contribution is -0.401. The van der Waals surface area contributed by atoms with Crippen molar-refractivity contribution < 1.29 is 4.58 Å². The van der Waals surface area contributed by atoms with E-state index in [4.69, 9.17) is 0 Å². The highest BCUT2D eigenvalue weighted by atomic mass is 15.0. The van der Waals surface area contributed by atoms with Gasteiger partial charge < -0.3 is 0 Å². The number of fused-ring (bicyclic) bond motifs is 1. The zero-order valence-electron chi connectivity index (χ0n) is 14.2. The maximum absolute atomic E-state index is 3.99. The van der Waals surface area contributed by atoms with Crippen LogP contribution in [-0.2, 0) is 5.41 Å². The summed E-state index contributed by atoms with van der Waals surface area (Å²) in [5.41, 5.74) is 6.52. The van der Waals surface area contributed by atoms with Crippen LogP contribution in [0.25, 0.3) is 6.08 Å². The molecule has 1 unspecified atom stereocenters. The van der Waals surface area contributed by atoms with Crippen molar-refractivity contribution in [2.75, 3.05) is 7.05 Å². The molecule has 0 saturated heterocycles. The number of aryl methyl sites for hydroxylation is 1. The van der Waals surface area contributed by atoms with Gasteiger partial charge in [-0.05, 0) is 38.0 Å². The Balaban J connectivity index is 2.09. The fourth-order valence-corrected chi connectivity index (χ4v) is 3.56. The van der Waals surface area contributed by atoms with Gasteiger partial charge in [-0.1, -0.05) is 48.0 Å². The van der Waals surface area contributed by atoms with Gasteiger partial charge in [0.2, 0.25) is 5.69 Å². The monoisotopic (exact) mass is 302 g/mol. The molecule has 0 spiro atoms. The second kappa shape index (κ2) is 6.00. The largest absolute Gasteiger partial charge is 0.209 e. The van der Waals surface area contributed by atoms with Gasteiger partial charge in [-0.2, -0.15) is 4.58 Å². The Morgan fingerprint density at radius 3 is 2.52 bits per heavy atom. The van der Waals surface area contributed by atoms with Gasteiger partial charge in [0.25, 0.3) is 0 Å². The second-order valence-electron chi connectivity index (χ2n) is 6.53. The van der Waals surface area contributed by atoms with Crippen LogP contribution in [0.2, 0.25) is 0 Å². The van der Waals surface area contributed by atoms with Crippen molar-refractivity contribution in [3.05, 3.63) is 84.0 Å². The molecule has 2 aromatic carbocycles. The van der Waals surface area contributed by atoms with Crippen molar-refractivity contribution in [2.24, 2.45) is 0 Å². The summed E-state index contributed by atoms with van der Waals surface area (Å²) in [7, 11) is 2.16. The lowest BCUT2D eigenvalue weighted by Gasteiger charge is -2.20. The summed E-state index contributed by atoms with van der Waals surface area (Å²) in [6.45, 7) is 8.47. The molecule has 1 nitrogen and oxygen atoms in total. The maximum atomic E-state index is 3.99. The highest BCUT2D eigenvalue weighted by molar-refractivity contribution is 6.05. The molecule has 1 aliphatic heterocycles. The molecule has 0 amide bonds. The smallest absolute Gasteiger partial charge is 0.198 e. The number of hydrogen-bond donors (Lipinski definition) is 0. The van der Waals surface area contributed by atoms with Crippen LogP contribution in [0.4, 0.5) is 5.69 Å². The molecule has 3 rings (SSSR count). The summed E-state index contributed by atoms with van der Waals surface area (Å²) in [5, 5.41) is 0. The van der Waals surface area contributed by atoms with Gasteiger partial charge in [0.1, 0.15) is 7.05 Å². The quantitative estimate of drug-likeness (QED) is 0.534. The number of hydrogen-bond acceptors (Lipinski definition) is 0. The predicted octanol–water partition coefficient (Wildman–Crippen LogP) is 5.27. The van der Waals surface area contributed by atoms with Gasteiger partial charge >= 0.3 is 0 Å². The van der Waals surface area contributed by atoms with Crippen LogP contribution in [0.5, 0.6) is 0 Å². The third-order valence-electron chi connectivity index (χ3n) is 4.82. The van der Waals surface area contributed by atoms with E-state index in [1.165, 1.54) is 28.1 Å². The van der Waals surface area contributed by atoms with Crippen LogP contribution >= 0.6 is 0 Å². The molecular weight excluding hydrogens is 278 g/mol. The first-order valence-electron chi connectivity index (χ1n) is 8.12. The van der Waals surface area contributed by atoms with Gasteiger partial charge in [0.15, 0.2) is 5.71 Å². The van der Waals surface area contributed by atoms with E-state index in [1.807, 2.05) is 12.1 Å². The summed E-state index contributed by atoms with van der Waals surface area (Å²) in [4.78, 5) is 0. The summed E-state index contributed by atoms with van der Waals surface area (Å²) in [5.74, 6) is 0. The molecule has 0 bridgehead atoms. The van der Waals surface area contributed by atoms with E-state index in [1.54, 1.807) is 0 Å². The number of allylic oxidation sites excluding steroid dienone is 2. The van der Waals surface area contributed by atoms with Gasteiger partial charge in [-0.3, -0.25) is 0 Å². The molecule has 1 aliphatic rings. The Morgan fingerprint density at radius 1 is 1.09 bits per heavy atom. The predicted molar refractivity (Wildman–Crippen MR) is 99.7 cm³/mol. The molecular formula is C22H24N+. The Labute approximate surface area is 139 Å². The van der Waals surface area contributed by atoms with Crippen LogP contribution in [0.3, 0.4) is 0 Å². The Morgan fingerprint density at radius 2 is 1.83 bits per heavy atom. The van der Waals surface area contributed by atoms with Crippen molar-refractivity contribution in [1.29, 1.82) is 0 Å². The normalized spacial score (nSPS) is 20.1. The summed E-state index contributed by atoms with van der Waals surface area (Å²) in [6, 6.07) is 17.2. The van der Waals surface area contributed by atoms with E-state index in [0.717, 1.165) is 6.42 Å². The van der Waals surface area contributed by atoms with E-state index < -0.39 is 0 Å². The minimum Gasteiger partial charge on any atom is -0.198 e. The summed E-state index contributed by atoms with van der Waals surface area (Å²) >= 11 is 0. The summed E-state index contributed by atoms with van der Waals surface area (Å²) in [6.07, 6.45) is 7.42. The molecule has 1 heteroatoms. The lowest BCUT2D eigenvalue weighted by Crippen LogP contribution is -2.30. The highest BCUT2D eigenvalue weighted by Crippen LogP contribution is 2.42. The zero-order valence-corrected chi connectivity index (χ0v) is 14.2. The lowest BCUT2D eigenvalue weighted by atomic mass is 9.76.